The molecule has 10 aromatic rings. The molecule has 1 aliphatic rings. The van der Waals surface area contributed by atoms with Gasteiger partial charge in [0.15, 0.2) is 0 Å². The first-order chi connectivity index (χ1) is 24.6. The quantitative estimate of drug-likeness (QED) is 0.188. The van der Waals surface area contributed by atoms with Crippen molar-refractivity contribution in [3.8, 4) is 17.4 Å². The van der Waals surface area contributed by atoms with Crippen LogP contribution in [0.3, 0.4) is 0 Å². The van der Waals surface area contributed by atoms with E-state index in [0.29, 0.717) is 5.56 Å². The summed E-state index contributed by atoms with van der Waals surface area (Å²) >= 11 is 0. The number of benzene rings is 6. The summed E-state index contributed by atoms with van der Waals surface area (Å²) in [5, 5.41) is 18.6. The van der Waals surface area contributed by atoms with Gasteiger partial charge in [0.05, 0.1) is 49.8 Å². The summed E-state index contributed by atoms with van der Waals surface area (Å²) in [5.74, 6) is 0.956. The largest absolute Gasteiger partial charge is 0.456 e. The second-order valence-electron chi connectivity index (χ2n) is 13.5. The summed E-state index contributed by atoms with van der Waals surface area (Å²) in [5.41, 5.74) is 12.7. The van der Waals surface area contributed by atoms with Gasteiger partial charge in [-0.25, -0.2) is 0 Å². The van der Waals surface area contributed by atoms with Gasteiger partial charge in [-0.15, -0.1) is 0 Å². The molecule has 6 aromatic carbocycles. The maximum atomic E-state index is 10.9. The standard InChI is InChI=1S/C45H29N3O2/c1-25-23-27(24-46)43(48-35-16-8-4-14-33(35)41-37(48)22-20-31-29-12-6-10-18-39(29)50-45(31)41)42(26(25)2)47-34-15-7-3-13-32(34)40-36(47)21-19-30-28-11-5-9-17-38(28)49-44(30)40/h3-4,6-10,12-23H,5,11H2,1-2H3. The molecular weight excluding hydrogens is 615 g/mol. The van der Waals surface area contributed by atoms with Crippen LogP contribution in [0, 0.1) is 25.2 Å². The molecular formula is C45H29N3O2. The molecule has 0 unspecified atom stereocenters. The molecule has 0 fully saturated rings. The predicted octanol–water partition coefficient (Wildman–Crippen LogP) is 12.0. The third kappa shape index (κ3) is 3.40. The Labute approximate surface area is 286 Å². The van der Waals surface area contributed by atoms with Crippen molar-refractivity contribution in [2.75, 3.05) is 0 Å². The predicted molar refractivity (Wildman–Crippen MR) is 204 cm³/mol. The number of aryl methyl sites for hydroxylation is 2. The molecule has 4 heterocycles. The van der Waals surface area contributed by atoms with Crippen LogP contribution >= 0.6 is 0 Å². The van der Waals surface area contributed by atoms with E-state index in [9.17, 15) is 5.26 Å². The third-order valence-electron chi connectivity index (χ3n) is 11.0. The average Bonchev–Trinajstić information content (AvgIpc) is 3.90. The Hall–Kier alpha value is -6.51. The van der Waals surface area contributed by atoms with Gasteiger partial charge in [0.2, 0.25) is 0 Å². The van der Waals surface area contributed by atoms with Gasteiger partial charge in [0.1, 0.15) is 28.6 Å². The Balaban J connectivity index is 1.33. The summed E-state index contributed by atoms with van der Waals surface area (Å²) in [7, 11) is 0. The zero-order chi connectivity index (χ0) is 33.2. The molecule has 0 radical (unpaired) electrons. The summed E-state index contributed by atoms with van der Waals surface area (Å²) in [4.78, 5) is 0. The number of nitrogens with zero attached hydrogens (tertiary/aromatic N) is 3. The van der Waals surface area contributed by atoms with E-state index in [2.05, 4.69) is 126 Å². The van der Waals surface area contributed by atoms with Gasteiger partial charge in [-0.1, -0.05) is 60.7 Å². The fourth-order valence-electron chi connectivity index (χ4n) is 8.67. The minimum atomic E-state index is 0.612. The number of allylic oxidation sites excluding steroid dienone is 1. The van der Waals surface area contributed by atoms with E-state index in [-0.39, 0.29) is 0 Å². The van der Waals surface area contributed by atoms with E-state index in [1.165, 1.54) is 10.9 Å². The minimum Gasteiger partial charge on any atom is -0.456 e. The van der Waals surface area contributed by atoms with Crippen LogP contribution < -0.4 is 0 Å². The van der Waals surface area contributed by atoms with E-state index in [4.69, 9.17) is 8.83 Å². The van der Waals surface area contributed by atoms with Gasteiger partial charge in [-0.2, -0.15) is 5.26 Å². The summed E-state index contributed by atoms with van der Waals surface area (Å²) in [6, 6.07) is 38.7. The maximum Gasteiger partial charge on any atom is 0.145 e. The van der Waals surface area contributed by atoms with Gasteiger partial charge < -0.3 is 18.0 Å². The number of furan rings is 2. The first kappa shape index (κ1) is 27.4. The Bertz CT molecular complexity index is 3190. The topological polar surface area (TPSA) is 59.9 Å². The molecule has 0 atom stereocenters. The van der Waals surface area contributed by atoms with Crippen LogP contribution in [0.5, 0.6) is 0 Å². The number of nitriles is 1. The van der Waals surface area contributed by atoms with Crippen LogP contribution in [-0.4, -0.2) is 9.13 Å². The fourth-order valence-corrected chi connectivity index (χ4v) is 8.67. The van der Waals surface area contributed by atoms with Crippen molar-refractivity contribution < 1.29 is 8.83 Å². The van der Waals surface area contributed by atoms with Crippen LogP contribution in [0.25, 0.3) is 94.0 Å². The summed E-state index contributed by atoms with van der Waals surface area (Å²) in [6.07, 6.45) is 6.31. The molecule has 0 N–H and O–H groups in total. The zero-order valence-electron chi connectivity index (χ0n) is 27.5. The van der Waals surface area contributed by atoms with Gasteiger partial charge in [-0.05, 0) is 92.4 Å². The molecule has 4 aromatic heterocycles. The number of rotatable bonds is 2. The van der Waals surface area contributed by atoms with E-state index in [1.807, 2.05) is 18.2 Å². The third-order valence-corrected chi connectivity index (χ3v) is 11.0. The minimum absolute atomic E-state index is 0.612. The van der Waals surface area contributed by atoms with Crippen LogP contribution in [0.2, 0.25) is 0 Å². The Morgan fingerprint density at radius 3 is 1.96 bits per heavy atom. The van der Waals surface area contributed by atoms with Gasteiger partial charge in [0.25, 0.3) is 0 Å². The molecule has 0 amide bonds. The second kappa shape index (κ2) is 9.78. The monoisotopic (exact) mass is 643 g/mol. The molecule has 0 saturated heterocycles. The number of fused-ring (bicyclic) bond motifs is 14. The molecule has 236 valence electrons. The van der Waals surface area contributed by atoms with Crippen LogP contribution in [-0.2, 0) is 6.42 Å². The molecule has 5 nitrogen and oxygen atoms in total. The van der Waals surface area contributed by atoms with Gasteiger partial charge in [0, 0.05) is 32.5 Å². The number of aromatic nitrogens is 2. The maximum absolute atomic E-state index is 10.9. The lowest BCUT2D eigenvalue weighted by atomic mass is 9.99. The van der Waals surface area contributed by atoms with Crippen LogP contribution in [0.15, 0.2) is 118 Å². The van der Waals surface area contributed by atoms with Crippen molar-refractivity contribution >= 4 is 82.6 Å². The lowest BCUT2D eigenvalue weighted by molar-refractivity contribution is 0.598. The van der Waals surface area contributed by atoms with Crippen molar-refractivity contribution in [3.63, 3.8) is 0 Å². The molecule has 11 rings (SSSR count). The number of hydrogen-bond donors (Lipinski definition) is 0. The molecule has 0 aliphatic heterocycles. The average molecular weight is 644 g/mol. The Morgan fingerprint density at radius 1 is 0.620 bits per heavy atom. The Kier molecular flexibility index (Phi) is 5.37. The molecule has 5 heteroatoms. The molecule has 0 saturated carbocycles. The van der Waals surface area contributed by atoms with Crippen molar-refractivity contribution in [1.29, 1.82) is 5.26 Å². The number of para-hydroxylation sites is 3. The Morgan fingerprint density at radius 2 is 1.24 bits per heavy atom. The molecule has 50 heavy (non-hydrogen) atoms. The smallest absolute Gasteiger partial charge is 0.145 e. The van der Waals surface area contributed by atoms with E-state index < -0.39 is 0 Å². The highest BCUT2D eigenvalue weighted by atomic mass is 16.3. The molecule has 1 aliphatic carbocycles. The van der Waals surface area contributed by atoms with E-state index in [0.717, 1.165) is 112 Å². The van der Waals surface area contributed by atoms with E-state index >= 15 is 0 Å². The molecule has 0 bridgehead atoms. The first-order valence-corrected chi connectivity index (χ1v) is 17.1. The van der Waals surface area contributed by atoms with E-state index in [1.54, 1.807) is 0 Å². The highest BCUT2D eigenvalue weighted by molar-refractivity contribution is 6.24. The lowest BCUT2D eigenvalue weighted by Gasteiger charge is -2.22. The molecule has 0 spiro atoms. The van der Waals surface area contributed by atoms with Crippen molar-refractivity contribution in [1.82, 2.24) is 9.13 Å². The van der Waals surface area contributed by atoms with Gasteiger partial charge in [-0.3, -0.25) is 0 Å². The van der Waals surface area contributed by atoms with Gasteiger partial charge >= 0.3 is 0 Å². The normalized spacial score (nSPS) is 13.1. The summed E-state index contributed by atoms with van der Waals surface area (Å²) < 4.78 is 17.9. The SMILES string of the molecule is Cc1cc(C#N)c(-n2c3ccccc3c3c4oc5ccccc5c4ccc32)c(-n2c3ccccc3c3c4oc5c(c4ccc32)CCC=C5)c1C. The fraction of sp³-hybridized carbons (Fsp3) is 0.0889. The zero-order valence-corrected chi connectivity index (χ0v) is 27.5. The van der Waals surface area contributed by atoms with Crippen molar-refractivity contribution in [2.24, 2.45) is 0 Å². The van der Waals surface area contributed by atoms with Crippen LogP contribution in [0.1, 0.15) is 34.4 Å². The van der Waals surface area contributed by atoms with Crippen LogP contribution in [0.4, 0.5) is 0 Å². The summed E-state index contributed by atoms with van der Waals surface area (Å²) in [6.45, 7) is 4.28. The van der Waals surface area contributed by atoms with Crippen molar-refractivity contribution in [3.05, 3.63) is 137 Å². The first-order valence-electron chi connectivity index (χ1n) is 17.1. The number of hydrogen-bond acceptors (Lipinski definition) is 3. The highest BCUT2D eigenvalue weighted by Crippen LogP contribution is 2.46. The highest BCUT2D eigenvalue weighted by Gasteiger charge is 2.27. The second-order valence-corrected chi connectivity index (χ2v) is 13.5. The lowest BCUT2D eigenvalue weighted by Crippen LogP contribution is -2.09. The van der Waals surface area contributed by atoms with Crippen molar-refractivity contribution in [2.45, 2.75) is 26.7 Å².